The fourth-order valence-corrected chi connectivity index (χ4v) is 4.51. The Bertz CT molecular complexity index is 1090. The lowest BCUT2D eigenvalue weighted by molar-refractivity contribution is 0.0508. The van der Waals surface area contributed by atoms with Gasteiger partial charge in [-0.3, -0.25) is 0 Å². The molecule has 0 saturated heterocycles. The van der Waals surface area contributed by atoms with E-state index >= 15 is 0 Å². The van der Waals surface area contributed by atoms with Gasteiger partial charge in [0.1, 0.15) is 23.1 Å². The summed E-state index contributed by atoms with van der Waals surface area (Å²) in [5.74, 6) is 0.0584. The molecular weight excluding hydrogens is 374 g/mol. The Hall–Kier alpha value is -3.11. The fraction of sp³-hybridized carbons (Fsp3) is 0.286. The van der Waals surface area contributed by atoms with E-state index in [2.05, 4.69) is 16.9 Å². The van der Waals surface area contributed by atoms with E-state index in [1.165, 1.54) is 21.8 Å². The van der Waals surface area contributed by atoms with Gasteiger partial charge in [0.15, 0.2) is 11.6 Å². The monoisotopic (exact) mass is 393 g/mol. The molecule has 3 aromatic rings. The van der Waals surface area contributed by atoms with E-state index in [1.807, 2.05) is 30.3 Å². The summed E-state index contributed by atoms with van der Waals surface area (Å²) in [5.41, 5.74) is 2.63. The minimum Gasteiger partial charge on any atom is -0.507 e. The van der Waals surface area contributed by atoms with Gasteiger partial charge in [-0.05, 0) is 48.9 Å². The van der Waals surface area contributed by atoms with E-state index in [0.717, 1.165) is 24.8 Å². The number of ether oxygens (including phenoxy) is 1. The number of H-pyrrole nitrogens is 1. The highest BCUT2D eigenvalue weighted by atomic mass is 32.1. The van der Waals surface area contributed by atoms with E-state index in [0.29, 0.717) is 16.3 Å². The van der Waals surface area contributed by atoms with Crippen molar-refractivity contribution in [3.63, 3.8) is 0 Å². The van der Waals surface area contributed by atoms with E-state index < -0.39 is 5.97 Å². The largest absolute Gasteiger partial charge is 0.507 e. The lowest BCUT2D eigenvalue weighted by Gasteiger charge is -2.16. The van der Waals surface area contributed by atoms with E-state index in [4.69, 9.17) is 4.74 Å². The van der Waals surface area contributed by atoms with Crippen LogP contribution in [0.25, 0.3) is 16.6 Å². The number of benzene rings is 1. The minimum absolute atomic E-state index is 0.0386. The number of thiophene rings is 1. The number of esters is 1. The van der Waals surface area contributed by atoms with Crippen LogP contribution in [0.5, 0.6) is 0 Å². The van der Waals surface area contributed by atoms with Crippen molar-refractivity contribution in [3.05, 3.63) is 57.2 Å². The molecule has 0 saturated carbocycles. The smallest absolute Gasteiger partial charge is 0.348 e. The summed E-state index contributed by atoms with van der Waals surface area (Å²) in [6, 6.07) is 11.2. The number of hydrogen-bond donors (Lipinski definition) is 2. The Balaban J connectivity index is 1.50. The Morgan fingerprint density at radius 3 is 3.07 bits per heavy atom. The van der Waals surface area contributed by atoms with Crippen LogP contribution in [-0.4, -0.2) is 27.7 Å². The zero-order valence-electron chi connectivity index (χ0n) is 15.4. The summed E-state index contributed by atoms with van der Waals surface area (Å²) >= 11 is 1.45. The molecule has 0 unspecified atom stereocenters. The van der Waals surface area contributed by atoms with Gasteiger partial charge >= 0.3 is 5.97 Å². The first-order valence-corrected chi connectivity index (χ1v) is 9.93. The average Bonchev–Trinajstić information content (AvgIpc) is 3.30. The standard InChI is InChI=1S/C21H19N3O3S/c1-12-6-7-18-13(8-12)9-19(28-18)21(26)27-11-17(25)14(10-22)20-23-15-4-2-3-5-16(15)24-20/h2-5,9,12,25H,6-8,11H2,1H3,(H,23,24)/b17-14-/t12-/m1/s1. The number of fused-ring (bicyclic) bond motifs is 2. The molecule has 28 heavy (non-hydrogen) atoms. The number of aliphatic hydroxyl groups is 1. The number of rotatable bonds is 4. The van der Waals surface area contributed by atoms with Crippen molar-refractivity contribution in [2.45, 2.75) is 26.2 Å². The van der Waals surface area contributed by atoms with Gasteiger partial charge < -0.3 is 14.8 Å². The maximum Gasteiger partial charge on any atom is 0.348 e. The fourth-order valence-electron chi connectivity index (χ4n) is 3.41. The van der Waals surface area contributed by atoms with Crippen molar-refractivity contribution in [1.29, 1.82) is 5.26 Å². The first-order valence-electron chi connectivity index (χ1n) is 9.11. The molecule has 1 aromatic carbocycles. The number of nitrogens with zero attached hydrogens (tertiary/aromatic N) is 2. The molecule has 142 valence electrons. The molecule has 0 spiro atoms. The van der Waals surface area contributed by atoms with Crippen LogP contribution in [0.3, 0.4) is 0 Å². The minimum atomic E-state index is -0.486. The third-order valence-electron chi connectivity index (χ3n) is 4.90. The maximum absolute atomic E-state index is 12.4. The summed E-state index contributed by atoms with van der Waals surface area (Å²) in [6.07, 6.45) is 3.10. The number of aryl methyl sites for hydroxylation is 1. The maximum atomic E-state index is 12.4. The van der Waals surface area contributed by atoms with Crippen molar-refractivity contribution in [3.8, 4) is 6.07 Å². The SMILES string of the molecule is C[C@@H]1CCc2sc(C(=O)OC/C(O)=C(\C#N)c3nc4ccccc4[nH]3)cc2C1. The molecule has 7 heteroatoms. The second kappa shape index (κ2) is 7.49. The summed E-state index contributed by atoms with van der Waals surface area (Å²) < 4.78 is 5.24. The molecule has 6 nitrogen and oxygen atoms in total. The van der Waals surface area contributed by atoms with Gasteiger partial charge in [0.05, 0.1) is 11.0 Å². The van der Waals surface area contributed by atoms with Crippen LogP contribution in [0.15, 0.2) is 36.1 Å². The zero-order valence-corrected chi connectivity index (χ0v) is 16.2. The van der Waals surface area contributed by atoms with Gasteiger partial charge in [0.2, 0.25) is 0 Å². The average molecular weight is 393 g/mol. The molecular formula is C21H19N3O3S. The van der Waals surface area contributed by atoms with Crippen LogP contribution < -0.4 is 0 Å². The number of carbonyl (C=O) groups is 1. The topological polar surface area (TPSA) is 99.0 Å². The van der Waals surface area contributed by atoms with Crippen molar-refractivity contribution in [2.24, 2.45) is 5.92 Å². The normalized spacial score (nSPS) is 16.9. The van der Waals surface area contributed by atoms with E-state index in [9.17, 15) is 15.2 Å². The number of nitrogens with one attached hydrogen (secondary N) is 1. The lowest BCUT2D eigenvalue weighted by Crippen LogP contribution is -2.08. The van der Waals surface area contributed by atoms with Crippen LogP contribution >= 0.6 is 11.3 Å². The van der Waals surface area contributed by atoms with Crippen molar-refractivity contribution >= 4 is 33.9 Å². The number of allylic oxidation sites excluding steroid dienone is 1. The zero-order chi connectivity index (χ0) is 19.7. The first-order chi connectivity index (χ1) is 13.5. The summed E-state index contributed by atoms with van der Waals surface area (Å²) in [7, 11) is 0. The van der Waals surface area contributed by atoms with Crippen LogP contribution in [0, 0.1) is 17.2 Å². The number of aromatic nitrogens is 2. The van der Waals surface area contributed by atoms with Crippen molar-refractivity contribution in [1.82, 2.24) is 9.97 Å². The van der Waals surface area contributed by atoms with Crippen LogP contribution in [0.1, 0.15) is 39.3 Å². The van der Waals surface area contributed by atoms with Gasteiger partial charge in [-0.15, -0.1) is 11.3 Å². The number of para-hydroxylation sites is 2. The highest BCUT2D eigenvalue weighted by molar-refractivity contribution is 7.14. The molecule has 0 bridgehead atoms. The van der Waals surface area contributed by atoms with E-state index in [1.54, 1.807) is 6.07 Å². The Morgan fingerprint density at radius 1 is 1.46 bits per heavy atom. The molecule has 0 fully saturated rings. The Morgan fingerprint density at radius 2 is 2.29 bits per heavy atom. The molecule has 2 heterocycles. The second-order valence-electron chi connectivity index (χ2n) is 7.02. The Labute approximate surface area is 166 Å². The van der Waals surface area contributed by atoms with Gasteiger partial charge in [-0.2, -0.15) is 5.26 Å². The molecule has 0 amide bonds. The molecule has 0 radical (unpaired) electrons. The van der Waals surface area contributed by atoms with Crippen molar-refractivity contribution < 1.29 is 14.6 Å². The van der Waals surface area contributed by atoms with Crippen molar-refractivity contribution in [2.75, 3.05) is 6.61 Å². The van der Waals surface area contributed by atoms with Gasteiger partial charge in [0, 0.05) is 4.88 Å². The summed E-state index contributed by atoms with van der Waals surface area (Å²) in [5, 5.41) is 19.7. The Kier molecular flexibility index (Phi) is 4.88. The van der Waals surface area contributed by atoms with Crippen LogP contribution in [-0.2, 0) is 17.6 Å². The van der Waals surface area contributed by atoms with Gasteiger partial charge in [-0.1, -0.05) is 19.1 Å². The van der Waals surface area contributed by atoms with Crippen LogP contribution in [0.2, 0.25) is 0 Å². The number of aromatic amines is 1. The number of hydrogen-bond acceptors (Lipinski definition) is 6. The summed E-state index contributed by atoms with van der Waals surface area (Å²) in [6.45, 7) is 1.83. The summed E-state index contributed by atoms with van der Waals surface area (Å²) in [4.78, 5) is 21.5. The molecule has 1 aliphatic carbocycles. The highest BCUT2D eigenvalue weighted by Crippen LogP contribution is 2.32. The molecule has 1 aliphatic rings. The predicted octanol–water partition coefficient (Wildman–Crippen LogP) is 4.40. The number of imidazole rings is 1. The number of aliphatic hydroxyl groups excluding tert-OH is 1. The molecule has 1 atom stereocenters. The third-order valence-corrected chi connectivity index (χ3v) is 6.11. The first kappa shape index (κ1) is 18.3. The van der Waals surface area contributed by atoms with Gasteiger partial charge in [0.25, 0.3) is 0 Å². The van der Waals surface area contributed by atoms with Crippen LogP contribution in [0.4, 0.5) is 0 Å². The lowest BCUT2D eigenvalue weighted by atomic mass is 9.90. The number of nitriles is 1. The van der Waals surface area contributed by atoms with E-state index in [-0.39, 0.29) is 23.8 Å². The molecule has 4 rings (SSSR count). The molecule has 2 N–H and O–H groups in total. The molecule has 0 aliphatic heterocycles. The molecule has 2 aromatic heterocycles. The number of carbonyl (C=O) groups excluding carboxylic acids is 1. The highest BCUT2D eigenvalue weighted by Gasteiger charge is 2.22. The predicted molar refractivity (Wildman–Crippen MR) is 107 cm³/mol. The second-order valence-corrected chi connectivity index (χ2v) is 8.16. The quantitative estimate of drug-likeness (QED) is 0.389. The van der Waals surface area contributed by atoms with Gasteiger partial charge in [-0.25, -0.2) is 9.78 Å². The third kappa shape index (κ3) is 3.51.